The van der Waals surface area contributed by atoms with E-state index in [1.807, 2.05) is 24.3 Å². The van der Waals surface area contributed by atoms with Crippen LogP contribution < -0.4 is 15.8 Å². The number of nitrogens with two attached hydrogens (primary N) is 1. The second-order valence-corrected chi connectivity index (χ2v) is 8.05. The maximum absolute atomic E-state index is 6.04. The molecule has 3 aromatic rings. The second kappa shape index (κ2) is 10.1. The standard InChI is InChI=1S/C22H24N4OS.HI/c1-27-18-9-5-8-17(13-18)25-22(23)24-14-21-26-19-11-10-16(12-20(19)28-21)15-6-3-2-4-7-15;/h2-9,13,16H,10-12,14H2,1H3,(H3,23,24,25);1H. The lowest BCUT2D eigenvalue weighted by Crippen LogP contribution is -2.22. The summed E-state index contributed by atoms with van der Waals surface area (Å²) in [5.74, 6) is 1.74. The lowest BCUT2D eigenvalue weighted by molar-refractivity contribution is 0.415. The van der Waals surface area contributed by atoms with Crippen LogP contribution in [0.3, 0.4) is 0 Å². The number of aliphatic imine (C=N–C) groups is 1. The fourth-order valence-electron chi connectivity index (χ4n) is 3.55. The number of rotatable bonds is 5. The largest absolute Gasteiger partial charge is 0.497 e. The molecule has 0 radical (unpaired) electrons. The third-order valence-electron chi connectivity index (χ3n) is 4.98. The summed E-state index contributed by atoms with van der Waals surface area (Å²) in [6, 6.07) is 18.4. The number of aryl methyl sites for hydroxylation is 1. The Morgan fingerprint density at radius 2 is 2.07 bits per heavy atom. The Labute approximate surface area is 192 Å². The number of methoxy groups -OCH3 is 1. The van der Waals surface area contributed by atoms with Gasteiger partial charge in [0, 0.05) is 16.6 Å². The van der Waals surface area contributed by atoms with Crippen LogP contribution in [-0.4, -0.2) is 18.1 Å². The van der Waals surface area contributed by atoms with E-state index in [9.17, 15) is 0 Å². The SMILES string of the molecule is COc1cccc(NC(N)=NCc2nc3c(s2)CC(c2ccccc2)CC3)c1.I. The number of thiazole rings is 1. The molecular weight excluding hydrogens is 495 g/mol. The fourth-order valence-corrected chi connectivity index (χ4v) is 4.67. The number of aromatic nitrogens is 1. The molecule has 1 atom stereocenters. The molecule has 0 amide bonds. The lowest BCUT2D eigenvalue weighted by Gasteiger charge is -2.21. The summed E-state index contributed by atoms with van der Waals surface area (Å²) in [7, 11) is 1.64. The van der Waals surface area contributed by atoms with E-state index < -0.39 is 0 Å². The monoisotopic (exact) mass is 520 g/mol. The smallest absolute Gasteiger partial charge is 0.193 e. The van der Waals surface area contributed by atoms with Gasteiger partial charge < -0.3 is 15.8 Å². The Balaban J connectivity index is 0.00000240. The molecular formula is C22H25IN4OS. The molecule has 1 aromatic heterocycles. The summed E-state index contributed by atoms with van der Waals surface area (Å²) >= 11 is 1.77. The van der Waals surface area contributed by atoms with Crippen LogP contribution in [0.5, 0.6) is 5.75 Å². The Kier molecular flexibility index (Phi) is 7.49. The molecule has 5 nitrogen and oxygen atoms in total. The molecule has 1 heterocycles. The van der Waals surface area contributed by atoms with Gasteiger partial charge in [-0.2, -0.15) is 0 Å². The van der Waals surface area contributed by atoms with E-state index in [2.05, 4.69) is 40.6 Å². The Hall–Kier alpha value is -2.13. The molecule has 152 valence electrons. The van der Waals surface area contributed by atoms with Crippen molar-refractivity contribution >= 4 is 47.0 Å². The number of nitrogens with one attached hydrogen (secondary N) is 1. The van der Waals surface area contributed by atoms with Crippen molar-refractivity contribution in [1.29, 1.82) is 0 Å². The van der Waals surface area contributed by atoms with E-state index in [1.54, 1.807) is 18.4 Å². The molecule has 1 aliphatic carbocycles. The average Bonchev–Trinajstić information content (AvgIpc) is 3.15. The van der Waals surface area contributed by atoms with Gasteiger partial charge in [-0.1, -0.05) is 36.4 Å². The Morgan fingerprint density at radius 3 is 2.86 bits per heavy atom. The number of benzene rings is 2. The lowest BCUT2D eigenvalue weighted by atomic mass is 9.85. The number of guanidine groups is 1. The highest BCUT2D eigenvalue weighted by Gasteiger charge is 2.23. The predicted octanol–water partition coefficient (Wildman–Crippen LogP) is 4.97. The zero-order valence-electron chi connectivity index (χ0n) is 16.3. The number of hydrogen-bond donors (Lipinski definition) is 2. The van der Waals surface area contributed by atoms with E-state index in [-0.39, 0.29) is 24.0 Å². The summed E-state index contributed by atoms with van der Waals surface area (Å²) in [6.07, 6.45) is 3.26. The van der Waals surface area contributed by atoms with E-state index in [0.717, 1.165) is 35.7 Å². The third kappa shape index (κ3) is 5.48. The molecule has 3 N–H and O–H groups in total. The second-order valence-electron chi connectivity index (χ2n) is 6.89. The molecule has 7 heteroatoms. The van der Waals surface area contributed by atoms with Gasteiger partial charge in [0.1, 0.15) is 10.8 Å². The van der Waals surface area contributed by atoms with Gasteiger partial charge in [-0.25, -0.2) is 9.98 Å². The zero-order valence-corrected chi connectivity index (χ0v) is 19.4. The van der Waals surface area contributed by atoms with Crippen LogP contribution in [0.15, 0.2) is 59.6 Å². The molecule has 2 aromatic carbocycles. The Morgan fingerprint density at radius 1 is 1.24 bits per heavy atom. The molecule has 0 saturated carbocycles. The summed E-state index contributed by atoms with van der Waals surface area (Å²) in [6.45, 7) is 0.497. The first-order valence-electron chi connectivity index (χ1n) is 9.44. The van der Waals surface area contributed by atoms with Crippen molar-refractivity contribution in [2.75, 3.05) is 12.4 Å². The number of fused-ring (bicyclic) bond motifs is 1. The summed E-state index contributed by atoms with van der Waals surface area (Å²) in [5, 5.41) is 4.12. The van der Waals surface area contributed by atoms with Crippen molar-refractivity contribution in [1.82, 2.24) is 4.98 Å². The van der Waals surface area contributed by atoms with Crippen LogP contribution in [0.2, 0.25) is 0 Å². The van der Waals surface area contributed by atoms with Crippen molar-refractivity contribution < 1.29 is 4.74 Å². The molecule has 0 saturated heterocycles. The Bertz CT molecular complexity index is 974. The summed E-state index contributed by atoms with van der Waals surface area (Å²) in [4.78, 5) is 10.6. The van der Waals surface area contributed by atoms with Crippen molar-refractivity contribution in [3.05, 3.63) is 75.7 Å². The van der Waals surface area contributed by atoms with E-state index in [0.29, 0.717) is 18.4 Å². The molecule has 1 aliphatic rings. The van der Waals surface area contributed by atoms with Gasteiger partial charge in [-0.3, -0.25) is 0 Å². The van der Waals surface area contributed by atoms with E-state index in [4.69, 9.17) is 15.5 Å². The maximum atomic E-state index is 6.04. The molecule has 29 heavy (non-hydrogen) atoms. The van der Waals surface area contributed by atoms with Gasteiger partial charge in [0.2, 0.25) is 0 Å². The topological polar surface area (TPSA) is 72.5 Å². The molecule has 4 rings (SSSR count). The van der Waals surface area contributed by atoms with Gasteiger partial charge >= 0.3 is 0 Å². The van der Waals surface area contributed by atoms with Gasteiger partial charge in [0.25, 0.3) is 0 Å². The minimum absolute atomic E-state index is 0. The van der Waals surface area contributed by atoms with Gasteiger partial charge in [-0.05, 0) is 42.9 Å². The van der Waals surface area contributed by atoms with Gasteiger partial charge in [0.05, 0.1) is 19.3 Å². The molecule has 0 spiro atoms. The number of anilines is 1. The highest BCUT2D eigenvalue weighted by Crippen LogP contribution is 2.35. The summed E-state index contributed by atoms with van der Waals surface area (Å²) < 4.78 is 5.22. The minimum atomic E-state index is 0. The highest BCUT2D eigenvalue weighted by atomic mass is 127. The highest BCUT2D eigenvalue weighted by molar-refractivity contribution is 14.0. The quantitative estimate of drug-likeness (QED) is 0.283. The predicted molar refractivity (Wildman–Crippen MR) is 131 cm³/mol. The van der Waals surface area contributed by atoms with Crippen molar-refractivity contribution in [3.63, 3.8) is 0 Å². The number of hydrogen-bond acceptors (Lipinski definition) is 4. The first-order chi connectivity index (χ1) is 13.7. The van der Waals surface area contributed by atoms with Gasteiger partial charge in [0.15, 0.2) is 5.96 Å². The third-order valence-corrected chi connectivity index (χ3v) is 6.09. The normalized spacial score (nSPS) is 15.9. The van der Waals surface area contributed by atoms with Crippen molar-refractivity contribution in [2.24, 2.45) is 10.7 Å². The maximum Gasteiger partial charge on any atom is 0.193 e. The summed E-state index contributed by atoms with van der Waals surface area (Å²) in [5.41, 5.74) is 9.55. The van der Waals surface area contributed by atoms with Crippen LogP contribution in [0, 0.1) is 0 Å². The van der Waals surface area contributed by atoms with Crippen molar-refractivity contribution in [3.8, 4) is 5.75 Å². The first kappa shape index (κ1) is 21.6. The van der Waals surface area contributed by atoms with Crippen molar-refractivity contribution in [2.45, 2.75) is 31.7 Å². The number of halogens is 1. The first-order valence-corrected chi connectivity index (χ1v) is 10.3. The van der Waals surface area contributed by atoms with E-state index in [1.165, 1.54) is 16.1 Å². The fraction of sp³-hybridized carbons (Fsp3) is 0.273. The van der Waals surface area contributed by atoms with Crippen LogP contribution >= 0.6 is 35.3 Å². The average molecular weight is 520 g/mol. The minimum Gasteiger partial charge on any atom is -0.497 e. The van der Waals surface area contributed by atoms with Crippen LogP contribution in [-0.2, 0) is 19.4 Å². The zero-order chi connectivity index (χ0) is 19.3. The van der Waals surface area contributed by atoms with E-state index >= 15 is 0 Å². The van der Waals surface area contributed by atoms with Crippen LogP contribution in [0.4, 0.5) is 5.69 Å². The molecule has 0 bridgehead atoms. The molecule has 0 fully saturated rings. The van der Waals surface area contributed by atoms with Gasteiger partial charge in [-0.15, -0.1) is 35.3 Å². The number of ether oxygens (including phenoxy) is 1. The molecule has 1 unspecified atom stereocenters. The molecule has 0 aliphatic heterocycles. The van der Waals surface area contributed by atoms with Crippen LogP contribution in [0.1, 0.15) is 33.5 Å². The number of nitrogens with zero attached hydrogens (tertiary/aromatic N) is 2. The van der Waals surface area contributed by atoms with Crippen LogP contribution in [0.25, 0.3) is 0 Å².